The third-order valence-electron chi connectivity index (χ3n) is 5.95. The molecule has 3 aromatic heterocycles. The van der Waals surface area contributed by atoms with E-state index < -0.39 is 0 Å². The van der Waals surface area contributed by atoms with Crippen LogP contribution in [0.5, 0.6) is 0 Å². The van der Waals surface area contributed by atoms with Crippen molar-refractivity contribution in [2.75, 3.05) is 5.32 Å². The van der Waals surface area contributed by atoms with Crippen LogP contribution in [0, 0.1) is 0 Å². The third-order valence-corrected chi connectivity index (χ3v) is 5.95. The van der Waals surface area contributed by atoms with Crippen molar-refractivity contribution in [2.24, 2.45) is 0 Å². The molecule has 5 rings (SSSR count). The van der Waals surface area contributed by atoms with Gasteiger partial charge in [0.1, 0.15) is 11.6 Å². The number of hydrogen-bond donors (Lipinski definition) is 2. The second-order valence-electron chi connectivity index (χ2n) is 8.15. The Morgan fingerprint density at radius 1 is 1.16 bits per heavy atom. The predicted molar refractivity (Wildman–Crippen MR) is 125 cm³/mol. The van der Waals surface area contributed by atoms with Gasteiger partial charge >= 0.3 is 0 Å². The predicted octanol–water partition coefficient (Wildman–Crippen LogP) is 4.13. The van der Waals surface area contributed by atoms with Gasteiger partial charge in [0.2, 0.25) is 0 Å². The van der Waals surface area contributed by atoms with E-state index in [9.17, 15) is 4.79 Å². The Bertz CT molecular complexity index is 1260. The van der Waals surface area contributed by atoms with E-state index >= 15 is 0 Å². The minimum atomic E-state index is -0.142. The molecule has 1 aromatic carbocycles. The zero-order valence-corrected chi connectivity index (χ0v) is 18.1. The first-order chi connectivity index (χ1) is 15.7. The first-order valence-electron chi connectivity index (χ1n) is 11.1. The normalized spacial score (nSPS) is 15.3. The number of pyridine rings is 1. The van der Waals surface area contributed by atoms with Crippen LogP contribution in [0.25, 0.3) is 11.4 Å². The molecule has 0 saturated carbocycles. The molecule has 1 atom stereocenters. The Morgan fingerprint density at radius 2 is 2.03 bits per heavy atom. The summed E-state index contributed by atoms with van der Waals surface area (Å²) in [6.45, 7) is 2.77. The number of nitrogens with zero attached hydrogens (tertiary/aromatic N) is 4. The molecule has 0 radical (unpaired) electrons. The Morgan fingerprint density at radius 3 is 2.81 bits per heavy atom. The van der Waals surface area contributed by atoms with Crippen LogP contribution in [0.2, 0.25) is 0 Å². The fraction of sp³-hybridized carbons (Fsp3) is 0.280. The highest BCUT2D eigenvalue weighted by Crippen LogP contribution is 2.32. The number of rotatable bonds is 6. The molecule has 162 valence electrons. The van der Waals surface area contributed by atoms with Crippen molar-refractivity contribution in [3.8, 4) is 11.4 Å². The minimum Gasteiger partial charge on any atom is -0.363 e. The number of anilines is 1. The Labute approximate surface area is 186 Å². The lowest BCUT2D eigenvalue weighted by atomic mass is 9.93. The quantitative estimate of drug-likeness (QED) is 0.484. The summed E-state index contributed by atoms with van der Waals surface area (Å²) in [6, 6.07) is 16.0. The van der Waals surface area contributed by atoms with Gasteiger partial charge in [-0.1, -0.05) is 37.3 Å². The number of aromatic amines is 1. The monoisotopic (exact) mass is 426 g/mol. The van der Waals surface area contributed by atoms with E-state index in [1.165, 1.54) is 22.9 Å². The zero-order chi connectivity index (χ0) is 21.9. The Kier molecular flexibility index (Phi) is 5.54. The van der Waals surface area contributed by atoms with Gasteiger partial charge in [-0.05, 0) is 43.4 Å². The van der Waals surface area contributed by atoms with Crippen molar-refractivity contribution < 1.29 is 0 Å². The van der Waals surface area contributed by atoms with Crippen LogP contribution < -0.4 is 10.9 Å². The summed E-state index contributed by atoms with van der Waals surface area (Å²) in [7, 11) is 0. The fourth-order valence-corrected chi connectivity index (χ4v) is 4.28. The van der Waals surface area contributed by atoms with Gasteiger partial charge in [-0.15, -0.1) is 0 Å². The number of benzene rings is 1. The molecule has 0 fully saturated rings. The van der Waals surface area contributed by atoms with E-state index in [2.05, 4.69) is 54.3 Å². The highest BCUT2D eigenvalue weighted by molar-refractivity contribution is 5.56. The number of aromatic nitrogens is 5. The highest BCUT2D eigenvalue weighted by Gasteiger charge is 2.24. The van der Waals surface area contributed by atoms with Gasteiger partial charge in [-0.3, -0.25) is 9.48 Å². The summed E-state index contributed by atoms with van der Waals surface area (Å²) in [6.07, 6.45) is 7.65. The second-order valence-corrected chi connectivity index (χ2v) is 8.15. The largest absolute Gasteiger partial charge is 0.363 e. The lowest BCUT2D eigenvalue weighted by Crippen LogP contribution is -2.19. The summed E-state index contributed by atoms with van der Waals surface area (Å²) in [4.78, 5) is 23.8. The van der Waals surface area contributed by atoms with Crippen LogP contribution in [0.3, 0.4) is 0 Å². The average Bonchev–Trinajstić information content (AvgIpc) is 3.23. The molecule has 0 aliphatic heterocycles. The maximum atomic E-state index is 11.9. The van der Waals surface area contributed by atoms with Crippen LogP contribution in [-0.2, 0) is 19.4 Å². The fourth-order valence-electron chi connectivity index (χ4n) is 4.28. The molecule has 32 heavy (non-hydrogen) atoms. The van der Waals surface area contributed by atoms with Crippen molar-refractivity contribution in [3.05, 3.63) is 93.8 Å². The Hall–Kier alpha value is -3.74. The van der Waals surface area contributed by atoms with Gasteiger partial charge in [0, 0.05) is 34.8 Å². The van der Waals surface area contributed by atoms with Crippen molar-refractivity contribution in [2.45, 2.75) is 45.2 Å². The first kappa shape index (κ1) is 20.2. The van der Waals surface area contributed by atoms with E-state index in [0.717, 1.165) is 42.9 Å². The van der Waals surface area contributed by atoms with Gasteiger partial charge in [-0.2, -0.15) is 5.10 Å². The summed E-state index contributed by atoms with van der Waals surface area (Å²) in [5.74, 6) is 1.35. The average molecular weight is 427 g/mol. The van der Waals surface area contributed by atoms with Gasteiger partial charge < -0.3 is 10.3 Å². The van der Waals surface area contributed by atoms with Crippen LogP contribution in [0.15, 0.2) is 65.7 Å². The molecule has 2 N–H and O–H groups in total. The van der Waals surface area contributed by atoms with E-state index in [0.29, 0.717) is 12.2 Å². The van der Waals surface area contributed by atoms with Gasteiger partial charge in [0.05, 0.1) is 18.8 Å². The van der Waals surface area contributed by atoms with Crippen molar-refractivity contribution in [1.29, 1.82) is 0 Å². The molecule has 3 heterocycles. The van der Waals surface area contributed by atoms with Crippen molar-refractivity contribution >= 4 is 5.82 Å². The van der Waals surface area contributed by atoms with Gasteiger partial charge in [0.25, 0.3) is 5.56 Å². The van der Waals surface area contributed by atoms with Crippen LogP contribution in [-0.4, -0.2) is 24.7 Å². The van der Waals surface area contributed by atoms with E-state index in [4.69, 9.17) is 0 Å². The Balaban J connectivity index is 1.34. The number of fused-ring (bicyclic) bond motifs is 1. The molecular formula is C25H26N6O. The molecule has 7 heteroatoms. The molecular weight excluding hydrogens is 400 g/mol. The van der Waals surface area contributed by atoms with E-state index in [-0.39, 0.29) is 11.6 Å². The van der Waals surface area contributed by atoms with E-state index in [1.54, 1.807) is 6.20 Å². The molecule has 7 nitrogen and oxygen atoms in total. The van der Waals surface area contributed by atoms with E-state index in [1.807, 2.05) is 31.3 Å². The van der Waals surface area contributed by atoms with Crippen molar-refractivity contribution in [3.63, 3.8) is 0 Å². The topological polar surface area (TPSA) is 88.5 Å². The van der Waals surface area contributed by atoms with Crippen LogP contribution >= 0.6 is 0 Å². The van der Waals surface area contributed by atoms with Gasteiger partial charge in [-0.25, -0.2) is 9.97 Å². The van der Waals surface area contributed by atoms with Crippen LogP contribution in [0.1, 0.15) is 48.3 Å². The second kappa shape index (κ2) is 8.78. The molecule has 1 aliphatic carbocycles. The minimum absolute atomic E-state index is 0.142. The molecule has 1 aliphatic rings. The molecule has 0 amide bonds. The number of H-pyrrole nitrogens is 1. The van der Waals surface area contributed by atoms with Gasteiger partial charge in [0.15, 0.2) is 0 Å². The molecule has 0 spiro atoms. The summed E-state index contributed by atoms with van der Waals surface area (Å²) >= 11 is 0. The summed E-state index contributed by atoms with van der Waals surface area (Å²) < 4.78 is 2.12. The zero-order valence-electron chi connectivity index (χ0n) is 18.1. The third kappa shape index (κ3) is 4.19. The molecule has 0 saturated heterocycles. The number of aryl methyl sites for hydroxylation is 1. The number of nitrogens with one attached hydrogen (secondary N) is 2. The first-order valence-corrected chi connectivity index (χ1v) is 11.1. The standard InChI is InChI=1S/C25H26N6O/c1-2-19-13-24(32)30-25(28-19)18-11-12-23(26-14-18)29-21-9-6-10-22-20(21)15-27-31(22)16-17-7-4-3-5-8-17/h3-5,7-8,11-15,21H,2,6,9-10,16H2,1H3,(H,26,29)(H,28,30,32). The maximum absolute atomic E-state index is 11.9. The highest BCUT2D eigenvalue weighted by atomic mass is 16.1. The molecule has 1 unspecified atom stereocenters. The molecule has 4 aromatic rings. The maximum Gasteiger partial charge on any atom is 0.251 e. The molecule has 0 bridgehead atoms. The van der Waals surface area contributed by atoms with Crippen LogP contribution in [0.4, 0.5) is 5.82 Å². The van der Waals surface area contributed by atoms with Crippen molar-refractivity contribution in [1.82, 2.24) is 24.7 Å². The summed E-state index contributed by atoms with van der Waals surface area (Å²) in [5.41, 5.74) is 5.23. The summed E-state index contributed by atoms with van der Waals surface area (Å²) in [5, 5.41) is 8.25. The smallest absolute Gasteiger partial charge is 0.251 e. The lowest BCUT2D eigenvalue weighted by Gasteiger charge is -2.24. The lowest BCUT2D eigenvalue weighted by molar-refractivity contribution is 0.556. The SMILES string of the molecule is CCc1cc(=O)[nH]c(-c2ccc(NC3CCCc4c3cnn4Cc3ccccc3)nc2)n1. The number of hydrogen-bond acceptors (Lipinski definition) is 5.